The molecule has 0 unspecified atom stereocenters. The molecule has 112 valence electrons. The number of hydrogen-bond acceptors (Lipinski definition) is 1. The Morgan fingerprint density at radius 1 is 1.10 bits per heavy atom. The average Bonchev–Trinajstić information content (AvgIpc) is 2.45. The van der Waals surface area contributed by atoms with Crippen LogP contribution in [0.4, 0.5) is 13.2 Å². The third-order valence-electron chi connectivity index (χ3n) is 2.84. The summed E-state index contributed by atoms with van der Waals surface area (Å²) in [5.74, 6) is -0.202. The Bertz CT molecular complexity index is 629. The van der Waals surface area contributed by atoms with Crippen LogP contribution in [0, 0.1) is 0 Å². The van der Waals surface area contributed by atoms with Crippen molar-refractivity contribution in [3.8, 4) is 5.75 Å². The van der Waals surface area contributed by atoms with Crippen molar-refractivity contribution in [1.29, 1.82) is 0 Å². The molecule has 0 aliphatic rings. The monoisotopic (exact) mass is 378 g/mol. The van der Waals surface area contributed by atoms with Crippen molar-refractivity contribution in [2.75, 3.05) is 0 Å². The van der Waals surface area contributed by atoms with Crippen LogP contribution in [0.5, 0.6) is 5.75 Å². The minimum atomic E-state index is -4.46. The maximum absolute atomic E-state index is 13.0. The topological polar surface area (TPSA) is 9.23 Å². The summed E-state index contributed by atoms with van der Waals surface area (Å²) in [5, 5.41) is 0.809. The molecule has 0 N–H and O–H groups in total. The van der Waals surface area contributed by atoms with E-state index < -0.39 is 11.7 Å². The predicted octanol–water partition coefficient (Wildman–Crippen LogP) is 5.83. The molecule has 0 heterocycles. The molecule has 21 heavy (non-hydrogen) atoms. The van der Waals surface area contributed by atoms with E-state index in [0.717, 1.165) is 6.07 Å². The molecule has 2 aromatic carbocycles. The van der Waals surface area contributed by atoms with E-state index in [2.05, 4.69) is 15.9 Å². The standard InChI is InChI=1S/C15H11BrClF3O/c16-8-10-5-6-14(12(7-10)15(18,19)20)21-9-11-3-1-2-4-13(11)17/h1-7H,8-9H2. The highest BCUT2D eigenvalue weighted by Gasteiger charge is 2.34. The van der Waals surface area contributed by atoms with E-state index in [0.29, 0.717) is 21.5 Å². The van der Waals surface area contributed by atoms with E-state index in [1.807, 2.05) is 0 Å². The van der Waals surface area contributed by atoms with E-state index in [4.69, 9.17) is 16.3 Å². The van der Waals surface area contributed by atoms with Crippen LogP contribution in [0.25, 0.3) is 0 Å². The van der Waals surface area contributed by atoms with Gasteiger partial charge in [0, 0.05) is 15.9 Å². The maximum Gasteiger partial charge on any atom is 0.419 e. The molecule has 0 saturated heterocycles. The summed E-state index contributed by atoms with van der Waals surface area (Å²) < 4.78 is 44.5. The van der Waals surface area contributed by atoms with Crippen LogP contribution in [0.15, 0.2) is 42.5 Å². The van der Waals surface area contributed by atoms with Crippen molar-refractivity contribution >= 4 is 27.5 Å². The van der Waals surface area contributed by atoms with E-state index >= 15 is 0 Å². The highest BCUT2D eigenvalue weighted by atomic mass is 79.9. The van der Waals surface area contributed by atoms with Crippen molar-refractivity contribution in [3.63, 3.8) is 0 Å². The van der Waals surface area contributed by atoms with Crippen molar-refractivity contribution in [2.24, 2.45) is 0 Å². The summed E-state index contributed by atoms with van der Waals surface area (Å²) in [6.45, 7) is -0.0174. The molecule has 1 nitrogen and oxygen atoms in total. The van der Waals surface area contributed by atoms with Gasteiger partial charge in [0.25, 0.3) is 0 Å². The number of hydrogen-bond donors (Lipinski definition) is 0. The third kappa shape index (κ3) is 4.14. The lowest BCUT2D eigenvalue weighted by molar-refractivity contribution is -0.139. The lowest BCUT2D eigenvalue weighted by Crippen LogP contribution is -2.09. The number of ether oxygens (including phenoxy) is 1. The molecule has 0 saturated carbocycles. The SMILES string of the molecule is FC(F)(F)c1cc(CBr)ccc1OCc1ccccc1Cl. The smallest absolute Gasteiger partial charge is 0.419 e. The van der Waals surface area contributed by atoms with E-state index in [-0.39, 0.29) is 12.4 Å². The van der Waals surface area contributed by atoms with Crippen molar-refractivity contribution in [1.82, 2.24) is 0 Å². The van der Waals surface area contributed by atoms with Crippen molar-refractivity contribution in [2.45, 2.75) is 18.1 Å². The Morgan fingerprint density at radius 3 is 2.43 bits per heavy atom. The summed E-state index contributed by atoms with van der Waals surface area (Å²) in [5.41, 5.74) is 0.385. The third-order valence-corrected chi connectivity index (χ3v) is 3.86. The van der Waals surface area contributed by atoms with Crippen LogP contribution in [0.3, 0.4) is 0 Å². The zero-order valence-corrected chi connectivity index (χ0v) is 13.1. The fourth-order valence-electron chi connectivity index (χ4n) is 1.78. The first kappa shape index (κ1) is 16.2. The number of halogens is 5. The summed E-state index contributed by atoms with van der Waals surface area (Å²) in [4.78, 5) is 0. The molecule has 2 aromatic rings. The second-order valence-corrected chi connectivity index (χ2v) is 5.31. The minimum absolute atomic E-state index is 0.0174. The average molecular weight is 380 g/mol. The summed E-state index contributed by atoms with van der Waals surface area (Å²) >= 11 is 9.10. The van der Waals surface area contributed by atoms with Gasteiger partial charge in [-0.15, -0.1) is 0 Å². The van der Waals surface area contributed by atoms with Gasteiger partial charge in [-0.3, -0.25) is 0 Å². The van der Waals surface area contributed by atoms with Crippen LogP contribution in [-0.4, -0.2) is 0 Å². The van der Waals surface area contributed by atoms with Gasteiger partial charge < -0.3 is 4.74 Å². The van der Waals surface area contributed by atoms with Gasteiger partial charge in [0.15, 0.2) is 0 Å². The van der Waals surface area contributed by atoms with E-state index in [9.17, 15) is 13.2 Å². The van der Waals surface area contributed by atoms with Gasteiger partial charge in [-0.25, -0.2) is 0 Å². The molecule has 0 aromatic heterocycles. The van der Waals surface area contributed by atoms with Crippen LogP contribution in [-0.2, 0) is 18.1 Å². The quantitative estimate of drug-likeness (QED) is 0.607. The zero-order valence-electron chi connectivity index (χ0n) is 10.8. The largest absolute Gasteiger partial charge is 0.488 e. The fourth-order valence-corrected chi connectivity index (χ4v) is 2.32. The van der Waals surface area contributed by atoms with Crippen LogP contribution in [0.1, 0.15) is 16.7 Å². The molecule has 0 radical (unpaired) electrons. The lowest BCUT2D eigenvalue weighted by atomic mass is 10.1. The molecule has 0 amide bonds. The Kier molecular flexibility index (Phi) is 5.17. The summed E-state index contributed by atoms with van der Waals surface area (Å²) in [6, 6.07) is 10.9. The van der Waals surface area contributed by atoms with Gasteiger partial charge in [0.2, 0.25) is 0 Å². The van der Waals surface area contributed by atoms with Gasteiger partial charge in [0.05, 0.1) is 5.56 Å². The summed E-state index contributed by atoms with van der Waals surface area (Å²) in [6.07, 6.45) is -4.46. The van der Waals surface area contributed by atoms with Gasteiger partial charge in [0.1, 0.15) is 12.4 Å². The minimum Gasteiger partial charge on any atom is -0.488 e. The molecule has 0 aliphatic heterocycles. The predicted molar refractivity (Wildman–Crippen MR) is 79.9 cm³/mol. The highest BCUT2D eigenvalue weighted by Crippen LogP contribution is 2.37. The van der Waals surface area contributed by atoms with E-state index in [1.165, 1.54) is 6.07 Å². The van der Waals surface area contributed by atoms with E-state index in [1.54, 1.807) is 30.3 Å². The van der Waals surface area contributed by atoms with Gasteiger partial charge in [-0.05, 0) is 23.8 Å². The number of rotatable bonds is 4. The van der Waals surface area contributed by atoms with Gasteiger partial charge in [-0.1, -0.05) is 51.8 Å². The Balaban J connectivity index is 2.26. The zero-order chi connectivity index (χ0) is 15.5. The fraction of sp³-hybridized carbons (Fsp3) is 0.200. The highest BCUT2D eigenvalue weighted by molar-refractivity contribution is 9.08. The van der Waals surface area contributed by atoms with Gasteiger partial charge in [-0.2, -0.15) is 13.2 Å². The Labute approximate surface area is 133 Å². The molecular weight excluding hydrogens is 369 g/mol. The van der Waals surface area contributed by atoms with Crippen molar-refractivity contribution < 1.29 is 17.9 Å². The second kappa shape index (κ2) is 6.71. The molecule has 0 aliphatic carbocycles. The first-order valence-electron chi connectivity index (χ1n) is 6.04. The second-order valence-electron chi connectivity index (χ2n) is 4.34. The maximum atomic E-state index is 13.0. The number of benzene rings is 2. The Hall–Kier alpha value is -1.20. The normalized spacial score (nSPS) is 11.5. The van der Waals surface area contributed by atoms with Gasteiger partial charge >= 0.3 is 6.18 Å². The number of alkyl halides is 4. The summed E-state index contributed by atoms with van der Waals surface area (Å²) in [7, 11) is 0. The molecule has 6 heteroatoms. The molecule has 0 bridgehead atoms. The lowest BCUT2D eigenvalue weighted by Gasteiger charge is -2.15. The van der Waals surface area contributed by atoms with Crippen LogP contribution < -0.4 is 4.74 Å². The molecule has 0 spiro atoms. The molecule has 0 atom stereocenters. The first-order valence-corrected chi connectivity index (χ1v) is 7.54. The molecular formula is C15H11BrClF3O. The Morgan fingerprint density at radius 2 is 1.81 bits per heavy atom. The van der Waals surface area contributed by atoms with Crippen molar-refractivity contribution in [3.05, 3.63) is 64.2 Å². The first-order chi connectivity index (χ1) is 9.91. The molecule has 0 fully saturated rings. The molecule has 2 rings (SSSR count). The van der Waals surface area contributed by atoms with Crippen LogP contribution >= 0.6 is 27.5 Å². The van der Waals surface area contributed by atoms with Crippen LogP contribution in [0.2, 0.25) is 5.02 Å².